The van der Waals surface area contributed by atoms with E-state index in [0.29, 0.717) is 18.1 Å². The summed E-state index contributed by atoms with van der Waals surface area (Å²) in [6, 6.07) is 9.79. The molecule has 0 heterocycles. The summed E-state index contributed by atoms with van der Waals surface area (Å²) in [6.07, 6.45) is 0. The predicted octanol–water partition coefficient (Wildman–Crippen LogP) is 2.37. The van der Waals surface area contributed by atoms with Gasteiger partial charge in [0.15, 0.2) is 0 Å². The zero-order chi connectivity index (χ0) is 19.9. The van der Waals surface area contributed by atoms with Crippen LogP contribution in [-0.2, 0) is 14.8 Å². The maximum Gasteiger partial charge on any atom is 0.341 e. The van der Waals surface area contributed by atoms with E-state index in [1.54, 1.807) is 24.3 Å². The summed E-state index contributed by atoms with van der Waals surface area (Å²) in [7, 11) is -2.58. The van der Waals surface area contributed by atoms with Gasteiger partial charge < -0.3 is 14.2 Å². The van der Waals surface area contributed by atoms with E-state index in [1.165, 1.54) is 7.05 Å². The molecule has 0 radical (unpaired) electrons. The van der Waals surface area contributed by atoms with Crippen LogP contribution < -0.4 is 14.2 Å². The smallest absolute Gasteiger partial charge is 0.341 e. The molecule has 2 rings (SSSR count). The maximum absolute atomic E-state index is 13.8. The van der Waals surface area contributed by atoms with Gasteiger partial charge in [0.2, 0.25) is 10.0 Å². The van der Waals surface area contributed by atoms with Gasteiger partial charge in [0.1, 0.15) is 30.5 Å². The van der Waals surface area contributed by atoms with Crippen molar-refractivity contribution >= 4 is 16.0 Å². The second kappa shape index (κ2) is 9.33. The summed E-state index contributed by atoms with van der Waals surface area (Å²) in [5.74, 6) is -0.579. The Morgan fingerprint density at radius 1 is 1.04 bits per heavy atom. The highest BCUT2D eigenvalue weighted by atomic mass is 32.2. The molecule has 0 saturated heterocycles. The average Bonchev–Trinajstić information content (AvgIpc) is 2.66. The molecule has 0 spiro atoms. The minimum atomic E-state index is -3.80. The van der Waals surface area contributed by atoms with E-state index in [0.717, 1.165) is 18.2 Å². The standard InChI is InChI=1S/C18H20FNO6S/c1-3-24-13-4-6-14(7-5-13)25-10-11-26-18(21)16-12-15(8-9-17(16)19)27(22,23)20-2/h4-9,12,20H,3,10-11H2,1-2H3. The van der Waals surface area contributed by atoms with Gasteiger partial charge in [0, 0.05) is 0 Å². The van der Waals surface area contributed by atoms with Crippen molar-refractivity contribution in [3.63, 3.8) is 0 Å². The molecule has 0 aliphatic carbocycles. The van der Waals surface area contributed by atoms with Gasteiger partial charge in [0.25, 0.3) is 0 Å². The Bertz CT molecular complexity index is 883. The Labute approximate surface area is 157 Å². The number of sulfonamides is 1. The van der Waals surface area contributed by atoms with Gasteiger partial charge in [-0.3, -0.25) is 0 Å². The molecule has 2 aromatic carbocycles. The number of benzene rings is 2. The highest BCUT2D eigenvalue weighted by molar-refractivity contribution is 7.89. The average molecular weight is 397 g/mol. The van der Waals surface area contributed by atoms with Crippen molar-refractivity contribution in [3.8, 4) is 11.5 Å². The largest absolute Gasteiger partial charge is 0.494 e. The zero-order valence-corrected chi connectivity index (χ0v) is 15.7. The van der Waals surface area contributed by atoms with E-state index < -0.39 is 27.4 Å². The summed E-state index contributed by atoms with van der Waals surface area (Å²) < 4.78 is 55.1. The second-order valence-electron chi connectivity index (χ2n) is 5.24. The third-order valence-electron chi connectivity index (χ3n) is 3.46. The summed E-state index contributed by atoms with van der Waals surface area (Å²) in [5, 5.41) is 0. The van der Waals surface area contributed by atoms with Crippen LogP contribution in [0.3, 0.4) is 0 Å². The number of rotatable bonds is 9. The van der Waals surface area contributed by atoms with Gasteiger partial charge in [-0.1, -0.05) is 0 Å². The summed E-state index contributed by atoms with van der Waals surface area (Å²) in [6.45, 7) is 2.36. The van der Waals surface area contributed by atoms with E-state index in [9.17, 15) is 17.6 Å². The Kier molecular flexibility index (Phi) is 7.14. The van der Waals surface area contributed by atoms with Crippen LogP contribution in [0.5, 0.6) is 11.5 Å². The number of hydrogen-bond donors (Lipinski definition) is 1. The van der Waals surface area contributed by atoms with Crippen LogP contribution in [0.25, 0.3) is 0 Å². The highest BCUT2D eigenvalue weighted by Gasteiger charge is 2.19. The van der Waals surface area contributed by atoms with Crippen molar-refractivity contribution in [2.75, 3.05) is 26.9 Å². The molecule has 0 bridgehead atoms. The number of carbonyl (C=O) groups excluding carboxylic acids is 1. The fourth-order valence-corrected chi connectivity index (χ4v) is 2.87. The highest BCUT2D eigenvalue weighted by Crippen LogP contribution is 2.18. The van der Waals surface area contributed by atoms with E-state index in [4.69, 9.17) is 14.2 Å². The maximum atomic E-state index is 13.8. The van der Waals surface area contributed by atoms with Crippen LogP contribution in [0.1, 0.15) is 17.3 Å². The number of hydrogen-bond acceptors (Lipinski definition) is 6. The first kappa shape index (κ1) is 20.7. The van der Waals surface area contributed by atoms with Gasteiger partial charge in [-0.25, -0.2) is 22.3 Å². The lowest BCUT2D eigenvalue weighted by Gasteiger charge is -2.10. The fourth-order valence-electron chi connectivity index (χ4n) is 2.12. The number of esters is 1. The minimum Gasteiger partial charge on any atom is -0.494 e. The van der Waals surface area contributed by atoms with Crippen molar-refractivity contribution in [1.82, 2.24) is 4.72 Å². The van der Waals surface area contributed by atoms with Crippen molar-refractivity contribution < 1.29 is 31.8 Å². The number of nitrogens with one attached hydrogen (secondary N) is 1. The first-order valence-corrected chi connectivity index (χ1v) is 9.61. The normalized spacial score (nSPS) is 11.1. The molecule has 0 atom stereocenters. The van der Waals surface area contributed by atoms with E-state index in [2.05, 4.69) is 4.72 Å². The van der Waals surface area contributed by atoms with E-state index >= 15 is 0 Å². The molecule has 0 aromatic heterocycles. The third-order valence-corrected chi connectivity index (χ3v) is 4.87. The van der Waals surface area contributed by atoms with Crippen molar-refractivity contribution in [1.29, 1.82) is 0 Å². The lowest BCUT2D eigenvalue weighted by Crippen LogP contribution is -2.20. The monoisotopic (exact) mass is 397 g/mol. The van der Waals surface area contributed by atoms with Gasteiger partial charge >= 0.3 is 5.97 Å². The lowest BCUT2D eigenvalue weighted by molar-refractivity contribution is 0.0445. The topological polar surface area (TPSA) is 90.9 Å². The van der Waals surface area contributed by atoms with Crippen molar-refractivity contribution in [2.24, 2.45) is 0 Å². The SMILES string of the molecule is CCOc1ccc(OCCOC(=O)c2cc(S(=O)(=O)NC)ccc2F)cc1. The molecule has 0 amide bonds. The van der Waals surface area contributed by atoms with Gasteiger partial charge in [0.05, 0.1) is 17.1 Å². The predicted molar refractivity (Wildman–Crippen MR) is 96.0 cm³/mol. The lowest BCUT2D eigenvalue weighted by atomic mass is 10.2. The van der Waals surface area contributed by atoms with E-state index in [-0.39, 0.29) is 18.1 Å². The summed E-state index contributed by atoms with van der Waals surface area (Å²) in [5.41, 5.74) is -0.465. The Morgan fingerprint density at radius 3 is 2.26 bits per heavy atom. The van der Waals surface area contributed by atoms with Crippen molar-refractivity contribution in [2.45, 2.75) is 11.8 Å². The van der Waals surface area contributed by atoms with Crippen LogP contribution in [0.4, 0.5) is 4.39 Å². The minimum absolute atomic E-state index is 0.0514. The molecule has 9 heteroatoms. The van der Waals surface area contributed by atoms with E-state index in [1.807, 2.05) is 6.92 Å². The third kappa shape index (κ3) is 5.66. The molecule has 27 heavy (non-hydrogen) atoms. The summed E-state index contributed by atoms with van der Waals surface area (Å²) >= 11 is 0. The molecule has 0 aliphatic heterocycles. The van der Waals surface area contributed by atoms with Gasteiger partial charge in [-0.05, 0) is 56.4 Å². The molecule has 7 nitrogen and oxygen atoms in total. The molecule has 146 valence electrons. The van der Waals surface area contributed by atoms with Crippen LogP contribution in [-0.4, -0.2) is 41.3 Å². The van der Waals surface area contributed by atoms with Crippen LogP contribution in [0, 0.1) is 5.82 Å². The first-order valence-electron chi connectivity index (χ1n) is 8.13. The van der Waals surface area contributed by atoms with Gasteiger partial charge in [-0.15, -0.1) is 0 Å². The summed E-state index contributed by atoms with van der Waals surface area (Å²) in [4.78, 5) is 11.8. The van der Waals surface area contributed by atoms with Gasteiger partial charge in [-0.2, -0.15) is 0 Å². The number of carbonyl (C=O) groups is 1. The van der Waals surface area contributed by atoms with Crippen LogP contribution in [0.2, 0.25) is 0 Å². The molecule has 0 fully saturated rings. The Morgan fingerprint density at radius 2 is 1.67 bits per heavy atom. The molecule has 1 N–H and O–H groups in total. The second-order valence-corrected chi connectivity index (χ2v) is 7.12. The molecule has 2 aromatic rings. The molecular formula is C18H20FNO6S. The quantitative estimate of drug-likeness (QED) is 0.516. The Balaban J connectivity index is 1.91. The Hall–Kier alpha value is -2.65. The number of halogens is 1. The van der Waals surface area contributed by atoms with Crippen molar-refractivity contribution in [3.05, 3.63) is 53.8 Å². The van der Waals surface area contributed by atoms with Crippen LogP contribution >= 0.6 is 0 Å². The molecule has 0 unspecified atom stereocenters. The zero-order valence-electron chi connectivity index (χ0n) is 14.9. The van der Waals surface area contributed by atoms with Crippen LogP contribution in [0.15, 0.2) is 47.4 Å². The molecule has 0 saturated carbocycles. The fraction of sp³-hybridized carbons (Fsp3) is 0.278. The number of ether oxygens (including phenoxy) is 3. The molecular weight excluding hydrogens is 377 g/mol. The molecule has 0 aliphatic rings. The first-order chi connectivity index (χ1) is 12.9.